The lowest BCUT2D eigenvalue weighted by molar-refractivity contribution is 0.421. The fraction of sp³-hybridized carbons (Fsp3) is 0.364. The number of anilines is 1. The van der Waals surface area contributed by atoms with Crippen molar-refractivity contribution in [3.63, 3.8) is 0 Å². The Labute approximate surface area is 92.7 Å². The molecular formula is C11H12N4O. The smallest absolute Gasteiger partial charge is 0.261 e. The van der Waals surface area contributed by atoms with Crippen LogP contribution in [0.15, 0.2) is 23.0 Å². The summed E-state index contributed by atoms with van der Waals surface area (Å²) in [4.78, 5) is 8.32. The van der Waals surface area contributed by atoms with Gasteiger partial charge in [-0.15, -0.1) is 0 Å². The van der Waals surface area contributed by atoms with Crippen LogP contribution in [0.1, 0.15) is 18.7 Å². The Bertz CT molecular complexity index is 504. The second-order valence-electron chi connectivity index (χ2n) is 4.13. The normalized spacial score (nSPS) is 15.2. The van der Waals surface area contributed by atoms with Crippen LogP contribution in [0.3, 0.4) is 0 Å². The van der Waals surface area contributed by atoms with Crippen molar-refractivity contribution in [1.29, 1.82) is 0 Å². The third kappa shape index (κ3) is 1.76. The molecule has 0 aliphatic heterocycles. The first kappa shape index (κ1) is 9.33. The lowest BCUT2D eigenvalue weighted by Crippen LogP contribution is -1.92. The molecule has 0 radical (unpaired) electrons. The molecule has 3 rings (SSSR count). The van der Waals surface area contributed by atoms with E-state index in [1.807, 2.05) is 0 Å². The highest BCUT2D eigenvalue weighted by molar-refractivity contribution is 5.68. The third-order valence-corrected chi connectivity index (χ3v) is 2.72. The number of nitrogens with two attached hydrogens (primary N) is 1. The van der Waals surface area contributed by atoms with E-state index in [1.165, 1.54) is 12.8 Å². The SMILES string of the molecule is Nc1ccncc1-c1nc(CC2CC2)no1. The average molecular weight is 216 g/mol. The zero-order valence-corrected chi connectivity index (χ0v) is 8.76. The van der Waals surface area contributed by atoms with E-state index in [0.29, 0.717) is 17.1 Å². The maximum atomic E-state index is 5.81. The van der Waals surface area contributed by atoms with Crippen LogP contribution in [0.2, 0.25) is 0 Å². The number of aromatic nitrogens is 3. The first-order valence-corrected chi connectivity index (χ1v) is 5.35. The van der Waals surface area contributed by atoms with Crippen molar-refractivity contribution in [1.82, 2.24) is 15.1 Å². The van der Waals surface area contributed by atoms with Crippen LogP contribution in [0.25, 0.3) is 11.5 Å². The van der Waals surface area contributed by atoms with Crippen molar-refractivity contribution in [3.8, 4) is 11.5 Å². The van der Waals surface area contributed by atoms with Crippen molar-refractivity contribution in [3.05, 3.63) is 24.3 Å². The first-order valence-electron chi connectivity index (χ1n) is 5.35. The number of hydrogen-bond acceptors (Lipinski definition) is 5. The molecule has 16 heavy (non-hydrogen) atoms. The second kappa shape index (κ2) is 3.59. The topological polar surface area (TPSA) is 77.8 Å². The van der Waals surface area contributed by atoms with E-state index in [1.54, 1.807) is 18.5 Å². The number of nitrogen functional groups attached to an aromatic ring is 1. The fourth-order valence-electron chi connectivity index (χ4n) is 1.61. The molecule has 2 N–H and O–H groups in total. The van der Waals surface area contributed by atoms with Crippen LogP contribution in [0.4, 0.5) is 5.69 Å². The fourth-order valence-corrected chi connectivity index (χ4v) is 1.61. The van der Waals surface area contributed by atoms with Gasteiger partial charge in [0, 0.05) is 24.5 Å². The Morgan fingerprint density at radius 3 is 3.06 bits per heavy atom. The Morgan fingerprint density at radius 1 is 1.44 bits per heavy atom. The van der Waals surface area contributed by atoms with E-state index in [2.05, 4.69) is 15.1 Å². The molecule has 2 heterocycles. The van der Waals surface area contributed by atoms with Gasteiger partial charge in [-0.1, -0.05) is 5.16 Å². The molecule has 2 aromatic rings. The molecule has 82 valence electrons. The van der Waals surface area contributed by atoms with E-state index < -0.39 is 0 Å². The molecule has 5 heteroatoms. The largest absolute Gasteiger partial charge is 0.398 e. The van der Waals surface area contributed by atoms with Crippen LogP contribution in [0.5, 0.6) is 0 Å². The van der Waals surface area contributed by atoms with E-state index in [0.717, 1.165) is 18.2 Å². The van der Waals surface area contributed by atoms with Crippen LogP contribution >= 0.6 is 0 Å². The molecule has 1 aliphatic carbocycles. The highest BCUT2D eigenvalue weighted by atomic mass is 16.5. The molecule has 5 nitrogen and oxygen atoms in total. The summed E-state index contributed by atoms with van der Waals surface area (Å²) < 4.78 is 5.18. The number of hydrogen-bond donors (Lipinski definition) is 1. The summed E-state index contributed by atoms with van der Waals surface area (Å²) in [7, 11) is 0. The van der Waals surface area contributed by atoms with E-state index in [4.69, 9.17) is 10.3 Å². The van der Waals surface area contributed by atoms with Gasteiger partial charge in [0.1, 0.15) is 0 Å². The minimum atomic E-state index is 0.459. The van der Waals surface area contributed by atoms with Gasteiger partial charge in [0.2, 0.25) is 0 Å². The lowest BCUT2D eigenvalue weighted by atomic mass is 10.2. The van der Waals surface area contributed by atoms with Crippen LogP contribution in [0, 0.1) is 5.92 Å². The van der Waals surface area contributed by atoms with Gasteiger partial charge in [0.05, 0.1) is 5.56 Å². The molecule has 1 fully saturated rings. The van der Waals surface area contributed by atoms with Gasteiger partial charge >= 0.3 is 0 Å². The predicted octanol–water partition coefficient (Wildman–Crippen LogP) is 1.67. The van der Waals surface area contributed by atoms with Gasteiger partial charge < -0.3 is 10.3 Å². The molecule has 2 aromatic heterocycles. The third-order valence-electron chi connectivity index (χ3n) is 2.72. The molecule has 0 atom stereocenters. The monoisotopic (exact) mass is 216 g/mol. The summed E-state index contributed by atoms with van der Waals surface area (Å²) in [5.74, 6) is 1.97. The quantitative estimate of drug-likeness (QED) is 0.844. The standard InChI is InChI=1S/C11H12N4O/c12-9-3-4-13-6-8(9)11-14-10(15-16-11)5-7-1-2-7/h3-4,6-7H,1-2,5H2,(H2,12,13). The predicted molar refractivity (Wildman–Crippen MR) is 58.4 cm³/mol. The molecular weight excluding hydrogens is 204 g/mol. The second-order valence-corrected chi connectivity index (χ2v) is 4.13. The van der Waals surface area contributed by atoms with Gasteiger partial charge in [-0.25, -0.2) is 0 Å². The molecule has 0 amide bonds. The Kier molecular flexibility index (Phi) is 2.09. The average Bonchev–Trinajstić information content (AvgIpc) is 2.97. The minimum Gasteiger partial charge on any atom is -0.398 e. The molecule has 0 unspecified atom stereocenters. The summed E-state index contributed by atoms with van der Waals surface area (Å²) in [5, 5.41) is 3.94. The zero-order valence-electron chi connectivity index (χ0n) is 8.76. The van der Waals surface area contributed by atoms with Gasteiger partial charge in [-0.05, 0) is 24.8 Å². The Balaban J connectivity index is 1.88. The molecule has 0 bridgehead atoms. The first-order chi connectivity index (χ1) is 7.83. The zero-order chi connectivity index (χ0) is 11.0. The Hall–Kier alpha value is -1.91. The maximum Gasteiger partial charge on any atom is 0.261 e. The van der Waals surface area contributed by atoms with Crippen LogP contribution in [-0.2, 0) is 6.42 Å². The van der Waals surface area contributed by atoms with E-state index in [-0.39, 0.29) is 0 Å². The molecule has 1 aliphatic rings. The molecule has 0 spiro atoms. The number of rotatable bonds is 3. The summed E-state index contributed by atoms with van der Waals surface area (Å²) in [6, 6.07) is 1.72. The van der Waals surface area contributed by atoms with Crippen LogP contribution < -0.4 is 5.73 Å². The Morgan fingerprint density at radius 2 is 2.31 bits per heavy atom. The summed E-state index contributed by atoms with van der Waals surface area (Å²) in [5.41, 5.74) is 7.12. The van der Waals surface area contributed by atoms with Crippen molar-refractivity contribution in [2.45, 2.75) is 19.3 Å². The van der Waals surface area contributed by atoms with Crippen LogP contribution in [-0.4, -0.2) is 15.1 Å². The molecule has 0 saturated heterocycles. The van der Waals surface area contributed by atoms with E-state index >= 15 is 0 Å². The summed E-state index contributed by atoms with van der Waals surface area (Å²) in [6.07, 6.45) is 6.74. The van der Waals surface area contributed by atoms with Crippen molar-refractivity contribution >= 4 is 5.69 Å². The maximum absolute atomic E-state index is 5.81. The summed E-state index contributed by atoms with van der Waals surface area (Å²) in [6.45, 7) is 0. The highest BCUT2D eigenvalue weighted by Crippen LogP contribution is 2.32. The van der Waals surface area contributed by atoms with Gasteiger partial charge in [-0.2, -0.15) is 4.98 Å². The van der Waals surface area contributed by atoms with Crippen molar-refractivity contribution < 1.29 is 4.52 Å². The lowest BCUT2D eigenvalue weighted by Gasteiger charge is -1.96. The van der Waals surface area contributed by atoms with Crippen molar-refractivity contribution in [2.24, 2.45) is 5.92 Å². The van der Waals surface area contributed by atoms with Gasteiger partial charge in [-0.3, -0.25) is 4.98 Å². The molecule has 1 saturated carbocycles. The molecule has 0 aromatic carbocycles. The number of pyridine rings is 1. The van der Waals surface area contributed by atoms with Gasteiger partial charge in [0.25, 0.3) is 5.89 Å². The van der Waals surface area contributed by atoms with E-state index in [9.17, 15) is 0 Å². The minimum absolute atomic E-state index is 0.459. The number of nitrogens with zero attached hydrogens (tertiary/aromatic N) is 3. The van der Waals surface area contributed by atoms with Crippen molar-refractivity contribution in [2.75, 3.05) is 5.73 Å². The highest BCUT2D eigenvalue weighted by Gasteiger charge is 2.24. The summed E-state index contributed by atoms with van der Waals surface area (Å²) >= 11 is 0. The van der Waals surface area contributed by atoms with Gasteiger partial charge in [0.15, 0.2) is 5.82 Å².